The molecule has 5 aromatic rings. The Balaban J connectivity index is 0.956. The number of piperazine rings is 1. The fourth-order valence-electron chi connectivity index (χ4n) is 8.78. The van der Waals surface area contributed by atoms with Gasteiger partial charge in [0.25, 0.3) is 0 Å². The van der Waals surface area contributed by atoms with Crippen LogP contribution in [0.2, 0.25) is 0 Å². The van der Waals surface area contributed by atoms with Crippen LogP contribution < -0.4 is 20.3 Å². The molecule has 8 rings (SSSR count). The smallest absolute Gasteiger partial charge is 0.320 e. The number of benzene rings is 2. The maximum Gasteiger partial charge on any atom is 0.320 e. The minimum atomic E-state index is -0.336. The van der Waals surface area contributed by atoms with Gasteiger partial charge in [0.1, 0.15) is 23.5 Å². The van der Waals surface area contributed by atoms with Crippen LogP contribution in [0.15, 0.2) is 66.9 Å². The van der Waals surface area contributed by atoms with Crippen molar-refractivity contribution in [1.82, 2.24) is 39.5 Å². The van der Waals surface area contributed by atoms with Crippen LogP contribution in [0.25, 0.3) is 11.3 Å². The molecule has 0 saturated carbocycles. The standard InChI is InChI=1S/C44H57FN10O2/c1-29-10-9-11-30(2)54(29)43-49-48-40-17-15-35(28-53(40)43)57-38-16-14-32(36-12-7-8-13-37(36)38)26-46-42(56)47-41-25-39(44(3,4)5)50-55(41)34-23-31(22-33(45)24-34)27-52-20-18-51(6)19-21-52/h7-8,12-13,15,17,22-25,28-30,32,38H,9-11,14,16,18-21,26-27H2,1-6H3,(H2,46,47,56)/t29-,30+,32-,38-/m1/s1. The van der Waals surface area contributed by atoms with Gasteiger partial charge in [0.05, 0.1) is 17.6 Å². The molecule has 57 heavy (non-hydrogen) atoms. The number of amides is 2. The summed E-state index contributed by atoms with van der Waals surface area (Å²) >= 11 is 0. The average molecular weight is 777 g/mol. The van der Waals surface area contributed by atoms with Crippen molar-refractivity contribution in [2.45, 2.75) is 103 Å². The summed E-state index contributed by atoms with van der Waals surface area (Å²) in [5.74, 6) is 1.90. The number of carbonyl (C=O) groups is 1. The summed E-state index contributed by atoms with van der Waals surface area (Å²) in [7, 11) is 2.13. The van der Waals surface area contributed by atoms with Crippen LogP contribution in [0, 0.1) is 5.82 Å². The average Bonchev–Trinajstić information content (AvgIpc) is 3.80. The van der Waals surface area contributed by atoms with E-state index in [2.05, 4.69) is 99.8 Å². The summed E-state index contributed by atoms with van der Waals surface area (Å²) in [4.78, 5) is 20.7. The van der Waals surface area contributed by atoms with Crippen molar-refractivity contribution in [1.29, 1.82) is 0 Å². The third-order valence-electron chi connectivity index (χ3n) is 12.0. The number of pyridine rings is 1. The van der Waals surface area contributed by atoms with Gasteiger partial charge < -0.3 is 19.9 Å². The van der Waals surface area contributed by atoms with Crippen LogP contribution in [0.5, 0.6) is 5.75 Å². The van der Waals surface area contributed by atoms with Crippen LogP contribution in [-0.4, -0.2) is 92.1 Å². The summed E-state index contributed by atoms with van der Waals surface area (Å²) in [5.41, 5.74) is 5.07. The van der Waals surface area contributed by atoms with Gasteiger partial charge >= 0.3 is 6.03 Å². The van der Waals surface area contributed by atoms with Gasteiger partial charge in [0, 0.05) is 68.8 Å². The zero-order valence-electron chi connectivity index (χ0n) is 34.2. The molecule has 2 aliphatic heterocycles. The predicted molar refractivity (Wildman–Crippen MR) is 222 cm³/mol. The number of rotatable bonds is 9. The lowest BCUT2D eigenvalue weighted by molar-refractivity contribution is 0.148. The number of anilines is 2. The molecule has 1 aliphatic carbocycles. The van der Waals surface area contributed by atoms with Crippen molar-refractivity contribution < 1.29 is 13.9 Å². The Kier molecular flexibility index (Phi) is 11.0. The van der Waals surface area contributed by atoms with Crippen molar-refractivity contribution in [2.24, 2.45) is 0 Å². The Morgan fingerprint density at radius 2 is 1.67 bits per heavy atom. The summed E-state index contributed by atoms with van der Waals surface area (Å²) in [5, 5.41) is 20.1. The number of urea groups is 1. The van der Waals surface area contributed by atoms with Gasteiger partial charge in [0.15, 0.2) is 5.65 Å². The van der Waals surface area contributed by atoms with E-state index in [9.17, 15) is 4.79 Å². The molecule has 302 valence electrons. The number of likely N-dealkylation sites (N-methyl/N-ethyl adjacent to an activating group) is 1. The van der Waals surface area contributed by atoms with Gasteiger partial charge in [-0.3, -0.25) is 14.6 Å². The second-order valence-electron chi connectivity index (χ2n) is 17.4. The van der Waals surface area contributed by atoms with Crippen LogP contribution in [0.3, 0.4) is 0 Å². The zero-order chi connectivity index (χ0) is 39.8. The number of nitrogens with zero attached hydrogens (tertiary/aromatic N) is 8. The molecule has 0 radical (unpaired) electrons. The highest BCUT2D eigenvalue weighted by atomic mass is 19.1. The molecule has 2 saturated heterocycles. The van der Waals surface area contributed by atoms with Gasteiger partial charge in [-0.25, -0.2) is 13.9 Å². The van der Waals surface area contributed by atoms with Crippen LogP contribution in [-0.2, 0) is 12.0 Å². The van der Waals surface area contributed by atoms with E-state index in [0.717, 1.165) is 86.0 Å². The minimum Gasteiger partial charge on any atom is -0.484 e. The highest BCUT2D eigenvalue weighted by Gasteiger charge is 2.31. The second kappa shape index (κ2) is 16.1. The van der Waals surface area contributed by atoms with Gasteiger partial charge in [-0.1, -0.05) is 45.0 Å². The number of halogens is 1. The molecule has 13 heteroatoms. The van der Waals surface area contributed by atoms with Gasteiger partial charge in [-0.05, 0) is 100 Å². The second-order valence-corrected chi connectivity index (χ2v) is 17.4. The zero-order valence-corrected chi connectivity index (χ0v) is 34.2. The normalized spacial score (nSPS) is 22.1. The summed E-state index contributed by atoms with van der Waals surface area (Å²) in [6.45, 7) is 15.7. The molecule has 2 amide bonds. The number of nitrogens with one attached hydrogen (secondary N) is 2. The van der Waals surface area contributed by atoms with E-state index in [4.69, 9.17) is 9.84 Å². The molecule has 0 spiro atoms. The number of hydrogen-bond donors (Lipinski definition) is 2. The van der Waals surface area contributed by atoms with Gasteiger partial charge in [-0.15, -0.1) is 10.2 Å². The maximum atomic E-state index is 15.1. The third kappa shape index (κ3) is 8.50. The van der Waals surface area contributed by atoms with Crippen molar-refractivity contribution in [2.75, 3.05) is 50.0 Å². The number of carbonyl (C=O) groups excluding carboxylic acids is 1. The molecule has 5 heterocycles. The first-order valence-corrected chi connectivity index (χ1v) is 20.6. The summed E-state index contributed by atoms with van der Waals surface area (Å²) in [6.07, 6.45) is 7.05. The monoisotopic (exact) mass is 776 g/mol. The number of ether oxygens (including phenoxy) is 1. The molecular formula is C44H57FN10O2. The van der Waals surface area contributed by atoms with Gasteiger partial charge in [-0.2, -0.15) is 5.10 Å². The lowest BCUT2D eigenvalue weighted by Crippen LogP contribution is -2.44. The number of piperidine rings is 1. The molecule has 3 aromatic heterocycles. The fraction of sp³-hybridized carbons (Fsp3) is 0.500. The van der Waals surface area contributed by atoms with Crippen molar-refractivity contribution in [3.05, 3.63) is 95.1 Å². The van der Waals surface area contributed by atoms with E-state index in [-0.39, 0.29) is 29.3 Å². The van der Waals surface area contributed by atoms with Gasteiger partial charge in [0.2, 0.25) is 5.95 Å². The van der Waals surface area contributed by atoms with Crippen LogP contribution in [0.1, 0.15) is 101 Å². The Hall–Kier alpha value is -5.01. The molecule has 4 atom stereocenters. The fourth-order valence-corrected chi connectivity index (χ4v) is 8.78. The van der Waals surface area contributed by atoms with E-state index in [1.165, 1.54) is 18.1 Å². The first-order chi connectivity index (χ1) is 27.4. The molecule has 3 aliphatic rings. The SMILES string of the molecule is C[C@@H]1CCC[C@H](C)N1c1nnc2ccc(O[C@@H]3CC[C@H](CNC(=O)Nc4cc(C(C)(C)C)nn4-c4cc(F)cc(CN5CCN(C)CC5)c4)c4ccccc43)cn12. The molecule has 2 fully saturated rings. The molecule has 0 bridgehead atoms. The lowest BCUT2D eigenvalue weighted by atomic mass is 9.81. The maximum absolute atomic E-state index is 15.1. The number of hydrogen-bond acceptors (Lipinski definition) is 8. The Morgan fingerprint density at radius 3 is 2.42 bits per heavy atom. The van der Waals surface area contributed by atoms with Crippen molar-refractivity contribution >= 4 is 23.4 Å². The quantitative estimate of drug-likeness (QED) is 0.157. The first kappa shape index (κ1) is 38.8. The van der Waals surface area contributed by atoms with E-state index in [0.29, 0.717) is 36.7 Å². The molecule has 2 N–H and O–H groups in total. The first-order valence-electron chi connectivity index (χ1n) is 20.6. The molecular weight excluding hydrogens is 720 g/mol. The highest BCUT2D eigenvalue weighted by Crippen LogP contribution is 2.40. The van der Waals surface area contributed by atoms with E-state index < -0.39 is 0 Å². The predicted octanol–water partition coefficient (Wildman–Crippen LogP) is 7.69. The largest absolute Gasteiger partial charge is 0.484 e. The summed E-state index contributed by atoms with van der Waals surface area (Å²) in [6, 6.07) is 19.7. The van der Waals surface area contributed by atoms with Crippen LogP contribution >= 0.6 is 0 Å². The Morgan fingerprint density at radius 1 is 0.912 bits per heavy atom. The lowest BCUT2D eigenvalue weighted by Gasteiger charge is -2.39. The summed E-state index contributed by atoms with van der Waals surface area (Å²) < 4.78 is 25.6. The third-order valence-corrected chi connectivity index (χ3v) is 12.0. The number of aromatic nitrogens is 5. The Bertz CT molecular complexity index is 2190. The van der Waals surface area contributed by atoms with E-state index >= 15 is 4.39 Å². The highest BCUT2D eigenvalue weighted by molar-refractivity contribution is 5.88. The Labute approximate surface area is 335 Å². The molecule has 0 unspecified atom stereocenters. The molecule has 12 nitrogen and oxygen atoms in total. The van der Waals surface area contributed by atoms with E-state index in [1.54, 1.807) is 10.7 Å². The van der Waals surface area contributed by atoms with E-state index in [1.807, 2.05) is 36.5 Å². The minimum absolute atomic E-state index is 0.108. The topological polar surface area (TPSA) is 108 Å². The van der Waals surface area contributed by atoms with Crippen molar-refractivity contribution in [3.8, 4) is 11.4 Å². The van der Waals surface area contributed by atoms with Crippen LogP contribution in [0.4, 0.5) is 21.0 Å². The molecule has 2 aromatic carbocycles. The number of fused-ring (bicyclic) bond motifs is 2. The van der Waals surface area contributed by atoms with Crippen molar-refractivity contribution in [3.63, 3.8) is 0 Å².